The number of hydrogen-bond acceptors (Lipinski definition) is 5. The smallest absolute Gasteiger partial charge is 0.303 e. The number of aryl methyl sites for hydroxylation is 1. The van der Waals surface area contributed by atoms with Gasteiger partial charge in [-0.2, -0.15) is 0 Å². The van der Waals surface area contributed by atoms with Gasteiger partial charge in [-0.3, -0.25) is 4.79 Å². The molecule has 0 aromatic carbocycles. The van der Waals surface area contributed by atoms with Crippen molar-refractivity contribution in [3.63, 3.8) is 0 Å². The van der Waals surface area contributed by atoms with Crippen molar-refractivity contribution in [1.29, 1.82) is 0 Å². The molecule has 0 radical (unpaired) electrons. The first-order valence-electron chi connectivity index (χ1n) is 12.5. The fraction of sp³-hybridized carbons (Fsp3) is 0.778. The number of aromatic nitrogens is 1. The van der Waals surface area contributed by atoms with Crippen molar-refractivity contribution >= 4 is 15.8 Å². The normalized spacial score (nSPS) is 15.3. The number of carbonyl (C=O) groups is 1. The van der Waals surface area contributed by atoms with Crippen LogP contribution in [0.25, 0.3) is 0 Å². The third kappa shape index (κ3) is 14.4. The Morgan fingerprint density at radius 2 is 1.64 bits per heavy atom. The predicted molar refractivity (Wildman–Crippen MR) is 138 cm³/mol. The highest BCUT2D eigenvalue weighted by Gasteiger charge is 2.41. The SMILES string of the molecule is CC(=O)OC(C)(C)C.CCCCC1CC(CCC)(CCC)C1.Cc1ccc(S(C)(=O)=O)nc1. The highest BCUT2D eigenvalue weighted by molar-refractivity contribution is 7.90. The van der Waals surface area contributed by atoms with Gasteiger partial charge in [-0.1, -0.05) is 58.9 Å². The fourth-order valence-electron chi connectivity index (χ4n) is 4.56. The van der Waals surface area contributed by atoms with Crippen LogP contribution < -0.4 is 0 Å². The molecule has 0 bridgehead atoms. The first kappa shape index (κ1) is 31.6. The lowest BCUT2D eigenvalue weighted by atomic mass is 9.57. The average Bonchev–Trinajstić information content (AvgIpc) is 2.63. The van der Waals surface area contributed by atoms with Crippen molar-refractivity contribution in [2.24, 2.45) is 11.3 Å². The molecule has 0 spiro atoms. The van der Waals surface area contributed by atoms with E-state index < -0.39 is 9.84 Å². The van der Waals surface area contributed by atoms with Gasteiger partial charge in [-0.05, 0) is 76.3 Å². The van der Waals surface area contributed by atoms with E-state index in [9.17, 15) is 13.2 Å². The number of hydrogen-bond donors (Lipinski definition) is 0. The topological polar surface area (TPSA) is 73.3 Å². The summed E-state index contributed by atoms with van der Waals surface area (Å²) >= 11 is 0. The van der Waals surface area contributed by atoms with Crippen LogP contribution in [-0.4, -0.2) is 31.2 Å². The minimum atomic E-state index is -3.13. The Bertz CT molecular complexity index is 765. The number of esters is 1. The molecule has 5 nitrogen and oxygen atoms in total. The molecule has 1 aromatic heterocycles. The third-order valence-corrected chi connectivity index (χ3v) is 6.69. The Balaban J connectivity index is 0.000000485. The molecule has 33 heavy (non-hydrogen) atoms. The van der Waals surface area contributed by atoms with Crippen LogP contribution >= 0.6 is 0 Å². The van der Waals surface area contributed by atoms with Crippen LogP contribution in [0.2, 0.25) is 0 Å². The molecular formula is C27H49NO4S. The summed E-state index contributed by atoms with van der Waals surface area (Å²) in [5, 5.41) is 0.128. The van der Waals surface area contributed by atoms with Crippen molar-refractivity contribution in [1.82, 2.24) is 4.98 Å². The molecular weight excluding hydrogens is 434 g/mol. The zero-order chi connectivity index (χ0) is 25.7. The van der Waals surface area contributed by atoms with Crippen LogP contribution in [0.1, 0.15) is 112 Å². The highest BCUT2D eigenvalue weighted by atomic mass is 32.2. The van der Waals surface area contributed by atoms with Crippen LogP contribution in [0.4, 0.5) is 0 Å². The van der Waals surface area contributed by atoms with Crippen molar-refractivity contribution < 1.29 is 17.9 Å². The van der Waals surface area contributed by atoms with Crippen molar-refractivity contribution in [2.75, 3.05) is 6.26 Å². The van der Waals surface area contributed by atoms with Gasteiger partial charge in [0.15, 0.2) is 14.9 Å². The van der Waals surface area contributed by atoms with Crippen LogP contribution in [0.5, 0.6) is 0 Å². The average molecular weight is 484 g/mol. The third-order valence-electron chi connectivity index (χ3n) is 5.68. The van der Waals surface area contributed by atoms with Crippen molar-refractivity contribution in [2.45, 2.75) is 124 Å². The Morgan fingerprint density at radius 1 is 1.09 bits per heavy atom. The summed E-state index contributed by atoms with van der Waals surface area (Å²) < 4.78 is 26.6. The molecule has 1 aromatic rings. The molecule has 1 aliphatic rings. The lowest BCUT2D eigenvalue weighted by Crippen LogP contribution is -2.37. The monoisotopic (exact) mass is 483 g/mol. The molecule has 1 aliphatic carbocycles. The van der Waals surface area contributed by atoms with Gasteiger partial charge in [0, 0.05) is 19.4 Å². The lowest BCUT2D eigenvalue weighted by Gasteiger charge is -2.48. The van der Waals surface area contributed by atoms with Gasteiger partial charge < -0.3 is 4.74 Å². The summed E-state index contributed by atoms with van der Waals surface area (Å²) in [5.41, 5.74) is 1.42. The van der Waals surface area contributed by atoms with E-state index in [4.69, 9.17) is 4.74 Å². The van der Waals surface area contributed by atoms with E-state index in [0.717, 1.165) is 23.2 Å². The van der Waals surface area contributed by atoms with Gasteiger partial charge in [0.1, 0.15) is 5.60 Å². The van der Waals surface area contributed by atoms with E-state index in [2.05, 4.69) is 25.8 Å². The number of rotatable bonds is 8. The second kappa shape index (κ2) is 14.7. The molecule has 1 saturated carbocycles. The fourth-order valence-corrected chi connectivity index (χ4v) is 5.12. The molecule has 0 aliphatic heterocycles. The van der Waals surface area contributed by atoms with Crippen LogP contribution in [0, 0.1) is 18.3 Å². The molecule has 0 atom stereocenters. The summed E-state index contributed by atoms with van der Waals surface area (Å²) in [5.74, 6) is 0.866. The largest absolute Gasteiger partial charge is 0.460 e. The first-order chi connectivity index (χ1) is 15.2. The van der Waals surface area contributed by atoms with Crippen LogP contribution in [0.3, 0.4) is 0 Å². The summed E-state index contributed by atoms with van der Waals surface area (Å²) in [7, 11) is -3.13. The quantitative estimate of drug-likeness (QED) is 0.362. The van der Waals surface area contributed by atoms with Crippen LogP contribution in [0.15, 0.2) is 23.4 Å². The molecule has 0 N–H and O–H groups in total. The predicted octanol–water partition coefficient (Wildman–Crippen LogP) is 7.31. The number of pyridine rings is 1. The molecule has 6 heteroatoms. The summed E-state index contributed by atoms with van der Waals surface area (Å²) in [6.07, 6.45) is 15.9. The molecule has 192 valence electrons. The van der Waals surface area contributed by atoms with Gasteiger partial charge in [0.25, 0.3) is 0 Å². The Morgan fingerprint density at radius 3 is 1.94 bits per heavy atom. The van der Waals surface area contributed by atoms with Crippen molar-refractivity contribution in [3.8, 4) is 0 Å². The first-order valence-corrected chi connectivity index (χ1v) is 14.4. The highest BCUT2D eigenvalue weighted by Crippen LogP contribution is 2.53. The Hall–Kier alpha value is -1.43. The lowest BCUT2D eigenvalue weighted by molar-refractivity contribution is -0.151. The maximum atomic E-state index is 10.9. The summed E-state index contributed by atoms with van der Waals surface area (Å²) in [6, 6.07) is 3.23. The van der Waals surface area contributed by atoms with Gasteiger partial charge in [0.2, 0.25) is 0 Å². The van der Waals surface area contributed by atoms with E-state index in [0.29, 0.717) is 0 Å². The molecule has 2 rings (SSSR count). The number of ether oxygens (including phenoxy) is 1. The summed E-state index contributed by atoms with van der Waals surface area (Å²) in [4.78, 5) is 14.0. The molecule has 0 saturated heterocycles. The molecule has 0 unspecified atom stereocenters. The zero-order valence-corrected chi connectivity index (χ0v) is 23.5. The zero-order valence-electron chi connectivity index (χ0n) is 22.7. The van der Waals surface area contributed by atoms with E-state index in [-0.39, 0.29) is 16.6 Å². The van der Waals surface area contributed by atoms with E-state index >= 15 is 0 Å². The van der Waals surface area contributed by atoms with E-state index in [1.54, 1.807) is 18.9 Å². The number of unbranched alkanes of at least 4 members (excludes halogenated alkanes) is 1. The minimum absolute atomic E-state index is 0.128. The number of sulfone groups is 1. The van der Waals surface area contributed by atoms with Gasteiger partial charge in [-0.15, -0.1) is 0 Å². The Labute approximate surface area is 204 Å². The Kier molecular flexibility index (Phi) is 14.1. The van der Waals surface area contributed by atoms with Crippen molar-refractivity contribution in [3.05, 3.63) is 23.9 Å². The van der Waals surface area contributed by atoms with Gasteiger partial charge >= 0.3 is 5.97 Å². The van der Waals surface area contributed by atoms with E-state index in [1.165, 1.54) is 64.1 Å². The van der Waals surface area contributed by atoms with Crippen LogP contribution in [-0.2, 0) is 19.4 Å². The maximum absolute atomic E-state index is 10.9. The second-order valence-electron chi connectivity index (χ2n) is 10.6. The minimum Gasteiger partial charge on any atom is -0.460 e. The number of nitrogens with zero attached hydrogens (tertiary/aromatic N) is 1. The van der Waals surface area contributed by atoms with E-state index in [1.807, 2.05) is 27.7 Å². The maximum Gasteiger partial charge on any atom is 0.303 e. The van der Waals surface area contributed by atoms with Gasteiger partial charge in [0.05, 0.1) is 0 Å². The second-order valence-corrected chi connectivity index (χ2v) is 12.5. The standard InChI is InChI=1S/C14H28.C7H9NO2S.C6H12O2/c1-4-7-8-13-11-14(12-13,9-5-2)10-6-3;1-6-3-4-7(8-5-6)11(2,9)10;1-5(7)8-6(2,3)4/h13H,4-12H2,1-3H3;3-5H,1-2H3;1-4H3. The molecule has 1 heterocycles. The summed E-state index contributed by atoms with van der Waals surface area (Å²) in [6.45, 7) is 15.8. The number of carbonyl (C=O) groups excluding carboxylic acids is 1. The molecule has 0 amide bonds. The van der Waals surface area contributed by atoms with Gasteiger partial charge in [-0.25, -0.2) is 13.4 Å². The molecule has 1 fully saturated rings.